The molecule has 20 heavy (non-hydrogen) atoms. The van der Waals surface area contributed by atoms with Crippen LogP contribution in [0.5, 0.6) is 11.5 Å². The van der Waals surface area contributed by atoms with Crippen molar-refractivity contribution in [2.45, 2.75) is 12.5 Å². The zero-order valence-electron chi connectivity index (χ0n) is 11.4. The van der Waals surface area contributed by atoms with Gasteiger partial charge >= 0.3 is 5.97 Å². The molecule has 0 fully saturated rings. The molecule has 0 aliphatic heterocycles. The molecular weight excluding hydrogens is 268 g/mol. The van der Waals surface area contributed by atoms with Crippen LogP contribution in [0.15, 0.2) is 12.1 Å². The monoisotopic (exact) mass is 284 g/mol. The molecule has 1 aromatic rings. The second kappa shape index (κ2) is 6.71. The predicted molar refractivity (Wildman–Crippen MR) is 69.9 cm³/mol. The van der Waals surface area contributed by atoms with E-state index in [2.05, 4.69) is 4.74 Å². The molecule has 1 unspecified atom stereocenters. The minimum Gasteiger partial charge on any atom is -0.493 e. The number of methoxy groups -OCH3 is 3. The molecule has 1 aromatic carbocycles. The highest BCUT2D eigenvalue weighted by atomic mass is 16.6. The number of hydrogen-bond donors (Lipinski definition) is 1. The van der Waals surface area contributed by atoms with Gasteiger partial charge in [0.05, 0.1) is 31.8 Å². The lowest BCUT2D eigenvalue weighted by atomic mass is 10.0. The van der Waals surface area contributed by atoms with Gasteiger partial charge in [0.2, 0.25) is 0 Å². The van der Waals surface area contributed by atoms with Gasteiger partial charge in [-0.25, -0.2) is 0 Å². The molecule has 0 aromatic heterocycles. The summed E-state index contributed by atoms with van der Waals surface area (Å²) in [6.45, 7) is 0. The van der Waals surface area contributed by atoms with Crippen LogP contribution in [0.4, 0.5) is 5.69 Å². The Bertz CT molecular complexity index is 517. The first-order valence-corrected chi connectivity index (χ1v) is 5.67. The number of nitrogens with two attached hydrogens (primary N) is 1. The fraction of sp³-hybridized carbons (Fsp3) is 0.417. The van der Waals surface area contributed by atoms with E-state index in [0.717, 1.165) is 0 Å². The van der Waals surface area contributed by atoms with Gasteiger partial charge in [0.15, 0.2) is 11.5 Å². The van der Waals surface area contributed by atoms with Crippen molar-refractivity contribution in [1.82, 2.24) is 0 Å². The maximum absolute atomic E-state index is 11.4. The third-order valence-corrected chi connectivity index (χ3v) is 2.75. The van der Waals surface area contributed by atoms with Crippen molar-refractivity contribution in [2.75, 3.05) is 21.3 Å². The van der Waals surface area contributed by atoms with E-state index in [-0.39, 0.29) is 23.4 Å². The summed E-state index contributed by atoms with van der Waals surface area (Å²) >= 11 is 0. The number of carbonyl (C=O) groups excluding carboxylic acids is 1. The average Bonchev–Trinajstić information content (AvgIpc) is 2.45. The lowest BCUT2D eigenvalue weighted by Gasteiger charge is -2.15. The minimum atomic E-state index is -1.03. The molecule has 0 aliphatic rings. The number of nitro groups is 1. The Morgan fingerprint density at radius 3 is 2.45 bits per heavy atom. The molecule has 0 radical (unpaired) electrons. The smallest absolute Gasteiger partial charge is 0.322 e. The SMILES string of the molecule is COC(=O)C(N)Cc1c([N+](=O)[O-])ccc(OC)c1OC. The van der Waals surface area contributed by atoms with Crippen LogP contribution < -0.4 is 15.2 Å². The Kier molecular flexibility index (Phi) is 5.27. The summed E-state index contributed by atoms with van der Waals surface area (Å²) in [5.41, 5.74) is 5.65. The van der Waals surface area contributed by atoms with Crippen LogP contribution in [-0.4, -0.2) is 38.3 Å². The summed E-state index contributed by atoms with van der Waals surface area (Å²) in [6, 6.07) is 1.67. The topological polar surface area (TPSA) is 114 Å². The van der Waals surface area contributed by atoms with Crippen molar-refractivity contribution < 1.29 is 23.9 Å². The van der Waals surface area contributed by atoms with Gasteiger partial charge < -0.3 is 19.9 Å². The maximum Gasteiger partial charge on any atom is 0.322 e. The van der Waals surface area contributed by atoms with Crippen LogP contribution in [0, 0.1) is 10.1 Å². The summed E-state index contributed by atoms with van der Waals surface area (Å²) in [5.74, 6) is -0.157. The standard InChI is InChI=1S/C12H16N2O6/c1-18-10-5-4-9(14(16)17)7(11(10)19-2)6-8(13)12(15)20-3/h4-5,8H,6,13H2,1-3H3. The van der Waals surface area contributed by atoms with Crippen LogP contribution in [0.3, 0.4) is 0 Å². The number of esters is 1. The fourth-order valence-electron chi connectivity index (χ4n) is 1.80. The molecule has 0 saturated carbocycles. The highest BCUT2D eigenvalue weighted by molar-refractivity contribution is 5.76. The highest BCUT2D eigenvalue weighted by Crippen LogP contribution is 2.37. The quantitative estimate of drug-likeness (QED) is 0.463. The van der Waals surface area contributed by atoms with Crippen molar-refractivity contribution in [2.24, 2.45) is 5.73 Å². The van der Waals surface area contributed by atoms with Gasteiger partial charge in [0, 0.05) is 12.5 Å². The second-order valence-corrected chi connectivity index (χ2v) is 3.89. The summed E-state index contributed by atoms with van der Waals surface area (Å²) in [6.07, 6.45) is -0.0939. The first kappa shape index (κ1) is 15.7. The van der Waals surface area contributed by atoms with E-state index in [9.17, 15) is 14.9 Å². The third-order valence-electron chi connectivity index (χ3n) is 2.75. The third kappa shape index (κ3) is 3.15. The number of nitrogens with zero attached hydrogens (tertiary/aromatic N) is 1. The molecule has 0 spiro atoms. The molecule has 8 nitrogen and oxygen atoms in total. The Morgan fingerprint density at radius 2 is 2.00 bits per heavy atom. The van der Waals surface area contributed by atoms with Gasteiger partial charge in [-0.1, -0.05) is 0 Å². The number of hydrogen-bond acceptors (Lipinski definition) is 7. The first-order chi connectivity index (χ1) is 9.46. The van der Waals surface area contributed by atoms with E-state index >= 15 is 0 Å². The molecule has 1 rings (SSSR count). The molecular formula is C12H16N2O6. The predicted octanol–water partition coefficient (Wildman–Crippen LogP) is 0.655. The van der Waals surface area contributed by atoms with Crippen molar-refractivity contribution in [3.63, 3.8) is 0 Å². The van der Waals surface area contributed by atoms with Gasteiger partial charge in [-0.2, -0.15) is 0 Å². The summed E-state index contributed by atoms with van der Waals surface area (Å²) in [7, 11) is 3.96. The Labute approximate surface area is 115 Å². The van der Waals surface area contributed by atoms with Gasteiger partial charge in [-0.05, 0) is 6.07 Å². The van der Waals surface area contributed by atoms with Gasteiger partial charge in [0.25, 0.3) is 5.69 Å². The summed E-state index contributed by atoms with van der Waals surface area (Å²) in [4.78, 5) is 21.9. The van der Waals surface area contributed by atoms with Crippen LogP contribution in [0.25, 0.3) is 0 Å². The van der Waals surface area contributed by atoms with E-state index in [1.54, 1.807) is 0 Å². The van der Waals surface area contributed by atoms with E-state index in [1.165, 1.54) is 33.5 Å². The lowest BCUT2D eigenvalue weighted by molar-refractivity contribution is -0.385. The number of carbonyl (C=O) groups is 1. The Hall–Kier alpha value is -2.35. The van der Waals surface area contributed by atoms with Crippen LogP contribution in [-0.2, 0) is 16.0 Å². The molecule has 0 amide bonds. The molecule has 110 valence electrons. The van der Waals surface area contributed by atoms with Crippen LogP contribution in [0.2, 0.25) is 0 Å². The molecule has 8 heteroatoms. The number of nitro benzene ring substituents is 1. The van der Waals surface area contributed by atoms with Crippen molar-refractivity contribution in [3.8, 4) is 11.5 Å². The summed E-state index contributed by atoms with van der Waals surface area (Å²) < 4.78 is 14.7. The van der Waals surface area contributed by atoms with Gasteiger partial charge in [-0.3, -0.25) is 14.9 Å². The van der Waals surface area contributed by atoms with E-state index in [0.29, 0.717) is 5.75 Å². The molecule has 2 N–H and O–H groups in total. The molecule has 0 heterocycles. The number of benzene rings is 1. The Balaban J connectivity index is 3.31. The average molecular weight is 284 g/mol. The van der Waals surface area contributed by atoms with Gasteiger partial charge in [-0.15, -0.1) is 0 Å². The number of rotatable bonds is 6. The fourth-order valence-corrected chi connectivity index (χ4v) is 1.80. The zero-order chi connectivity index (χ0) is 15.3. The van der Waals surface area contributed by atoms with E-state index in [1.807, 2.05) is 0 Å². The van der Waals surface area contributed by atoms with Crippen LogP contribution in [0.1, 0.15) is 5.56 Å². The number of ether oxygens (including phenoxy) is 3. The molecule has 0 bridgehead atoms. The zero-order valence-corrected chi connectivity index (χ0v) is 11.4. The normalized spacial score (nSPS) is 11.6. The molecule has 0 saturated heterocycles. The van der Waals surface area contributed by atoms with E-state index < -0.39 is 16.9 Å². The summed E-state index contributed by atoms with van der Waals surface area (Å²) in [5, 5.41) is 11.1. The van der Waals surface area contributed by atoms with Crippen LogP contribution >= 0.6 is 0 Å². The van der Waals surface area contributed by atoms with Crippen molar-refractivity contribution >= 4 is 11.7 Å². The minimum absolute atomic E-state index is 0.0939. The highest BCUT2D eigenvalue weighted by Gasteiger charge is 2.26. The Morgan fingerprint density at radius 1 is 1.35 bits per heavy atom. The largest absolute Gasteiger partial charge is 0.493 e. The molecule has 1 atom stereocenters. The second-order valence-electron chi connectivity index (χ2n) is 3.89. The van der Waals surface area contributed by atoms with Crippen molar-refractivity contribution in [3.05, 3.63) is 27.8 Å². The lowest BCUT2D eigenvalue weighted by Crippen LogP contribution is -2.34. The molecule has 0 aliphatic carbocycles. The maximum atomic E-state index is 11.4. The van der Waals surface area contributed by atoms with Gasteiger partial charge in [0.1, 0.15) is 6.04 Å². The first-order valence-electron chi connectivity index (χ1n) is 5.67. The van der Waals surface area contributed by atoms with E-state index in [4.69, 9.17) is 15.2 Å². The van der Waals surface area contributed by atoms with Crippen molar-refractivity contribution in [1.29, 1.82) is 0 Å².